The Balaban J connectivity index is 2.18. The summed E-state index contributed by atoms with van der Waals surface area (Å²) in [5.74, 6) is 0.774. The number of hydrogen-bond donors (Lipinski definition) is 0. The van der Waals surface area contributed by atoms with Crippen LogP contribution < -0.4 is 5.56 Å². The van der Waals surface area contributed by atoms with Crippen LogP contribution in [0.5, 0.6) is 0 Å². The van der Waals surface area contributed by atoms with Gasteiger partial charge in [0.15, 0.2) is 0 Å². The maximum Gasteiger partial charge on any atom is 0.262 e. The van der Waals surface area contributed by atoms with Crippen molar-refractivity contribution in [3.63, 3.8) is 0 Å². The van der Waals surface area contributed by atoms with Crippen LogP contribution in [0.3, 0.4) is 0 Å². The van der Waals surface area contributed by atoms with Crippen molar-refractivity contribution >= 4 is 21.6 Å². The predicted molar refractivity (Wildman–Crippen MR) is 111 cm³/mol. The molecule has 0 saturated heterocycles. The summed E-state index contributed by atoms with van der Waals surface area (Å²) in [5.41, 5.74) is 3.35. The highest BCUT2D eigenvalue weighted by Gasteiger charge is 2.17. The minimum atomic E-state index is 0.0829. The Bertz CT molecular complexity index is 966. The molecule has 1 aromatic carbocycles. The fourth-order valence-electron chi connectivity index (χ4n) is 3.24. The molecule has 2 aromatic heterocycles. The number of thiophene rings is 1. The molecule has 3 rings (SSSR count). The lowest BCUT2D eigenvalue weighted by atomic mass is 10.1. The zero-order valence-electron chi connectivity index (χ0n) is 16.3. The largest absolute Gasteiger partial charge is 0.302 e. The van der Waals surface area contributed by atoms with E-state index in [9.17, 15) is 4.79 Å². The Labute approximate surface area is 159 Å². The molecule has 0 unspecified atom stereocenters. The monoisotopic (exact) mass is 369 g/mol. The van der Waals surface area contributed by atoms with E-state index in [0.29, 0.717) is 6.54 Å². The lowest BCUT2D eigenvalue weighted by Gasteiger charge is -2.20. The molecular formula is C21H27N3OS. The summed E-state index contributed by atoms with van der Waals surface area (Å²) in [6, 6.07) is 8.27. The molecule has 0 atom stereocenters. The number of rotatable bonds is 6. The van der Waals surface area contributed by atoms with Crippen molar-refractivity contribution in [2.24, 2.45) is 0 Å². The molecule has 4 nitrogen and oxygen atoms in total. The molecule has 0 N–H and O–H groups in total. The molecule has 0 aliphatic carbocycles. The Morgan fingerprint density at radius 3 is 2.35 bits per heavy atom. The molecule has 0 saturated carbocycles. The van der Waals surface area contributed by atoms with Crippen molar-refractivity contribution in [3.05, 3.63) is 50.6 Å². The van der Waals surface area contributed by atoms with Gasteiger partial charge in [0.1, 0.15) is 10.7 Å². The number of nitrogens with zero attached hydrogens (tertiary/aromatic N) is 3. The zero-order chi connectivity index (χ0) is 18.8. The summed E-state index contributed by atoms with van der Waals surface area (Å²) < 4.78 is 1.87. The van der Waals surface area contributed by atoms with Crippen molar-refractivity contribution in [2.75, 3.05) is 19.6 Å². The second-order valence-electron chi connectivity index (χ2n) is 6.75. The molecule has 0 fully saturated rings. The van der Waals surface area contributed by atoms with Gasteiger partial charge >= 0.3 is 0 Å². The molecule has 0 bridgehead atoms. The van der Waals surface area contributed by atoms with Crippen molar-refractivity contribution < 1.29 is 0 Å². The maximum absolute atomic E-state index is 13.3. The van der Waals surface area contributed by atoms with Crippen LogP contribution in [0.25, 0.3) is 21.6 Å². The number of benzene rings is 1. The number of fused-ring (bicyclic) bond motifs is 1. The molecule has 26 heavy (non-hydrogen) atoms. The van der Waals surface area contributed by atoms with E-state index in [-0.39, 0.29) is 5.56 Å². The average molecular weight is 370 g/mol. The first-order chi connectivity index (χ1) is 12.5. The van der Waals surface area contributed by atoms with Crippen LogP contribution in [-0.2, 0) is 6.54 Å². The molecule has 0 spiro atoms. The highest BCUT2D eigenvalue weighted by Crippen LogP contribution is 2.28. The summed E-state index contributed by atoms with van der Waals surface area (Å²) in [6.07, 6.45) is 0. The summed E-state index contributed by atoms with van der Waals surface area (Å²) in [4.78, 5) is 22.6. The van der Waals surface area contributed by atoms with Crippen molar-refractivity contribution in [1.82, 2.24) is 14.5 Å². The molecule has 2 heterocycles. The minimum Gasteiger partial charge on any atom is -0.302 e. The molecule has 0 radical (unpaired) electrons. The maximum atomic E-state index is 13.3. The first kappa shape index (κ1) is 18.8. The highest BCUT2D eigenvalue weighted by atomic mass is 32.1. The smallest absolute Gasteiger partial charge is 0.262 e. The third-order valence-electron chi connectivity index (χ3n) is 5.13. The van der Waals surface area contributed by atoms with Gasteiger partial charge in [0.2, 0.25) is 0 Å². The van der Waals surface area contributed by atoms with Crippen molar-refractivity contribution in [2.45, 2.75) is 41.2 Å². The van der Waals surface area contributed by atoms with E-state index >= 15 is 0 Å². The predicted octanol–water partition coefficient (Wildman–Crippen LogP) is 4.39. The molecule has 0 aliphatic rings. The van der Waals surface area contributed by atoms with Gasteiger partial charge in [-0.05, 0) is 39.4 Å². The van der Waals surface area contributed by atoms with Crippen LogP contribution in [0.1, 0.15) is 29.9 Å². The van der Waals surface area contributed by atoms with E-state index in [0.717, 1.165) is 46.8 Å². The van der Waals surface area contributed by atoms with Gasteiger partial charge in [-0.25, -0.2) is 4.98 Å². The van der Waals surface area contributed by atoms with Gasteiger partial charge in [-0.1, -0.05) is 43.7 Å². The van der Waals surface area contributed by atoms with Crippen LogP contribution in [0.2, 0.25) is 0 Å². The molecular weight excluding hydrogens is 342 g/mol. The van der Waals surface area contributed by atoms with E-state index in [1.165, 1.54) is 10.4 Å². The standard InChI is InChI=1S/C21H27N3OS/c1-6-23(7-2)12-13-24-19(17-10-8-14(3)9-11-17)22-20-18(21(24)25)15(4)16(5)26-20/h8-11H,6-7,12-13H2,1-5H3. The number of hydrogen-bond acceptors (Lipinski definition) is 4. The van der Waals surface area contributed by atoms with Gasteiger partial charge in [0, 0.05) is 23.5 Å². The van der Waals surface area contributed by atoms with E-state index in [1.54, 1.807) is 11.3 Å². The van der Waals surface area contributed by atoms with Crippen molar-refractivity contribution in [3.8, 4) is 11.4 Å². The molecule has 5 heteroatoms. The van der Waals surface area contributed by atoms with Crippen LogP contribution in [0.15, 0.2) is 29.1 Å². The van der Waals surface area contributed by atoms with Gasteiger partial charge in [0.05, 0.1) is 5.39 Å². The van der Waals surface area contributed by atoms with E-state index < -0.39 is 0 Å². The first-order valence-corrected chi connectivity index (χ1v) is 10.1. The van der Waals surface area contributed by atoms with Gasteiger partial charge in [-0.15, -0.1) is 11.3 Å². The normalized spacial score (nSPS) is 11.6. The summed E-state index contributed by atoms with van der Waals surface area (Å²) >= 11 is 1.61. The first-order valence-electron chi connectivity index (χ1n) is 9.26. The quantitative estimate of drug-likeness (QED) is 0.647. The lowest BCUT2D eigenvalue weighted by Crippen LogP contribution is -2.32. The number of likely N-dealkylation sites (N-methyl/N-ethyl adjacent to an activating group) is 1. The Morgan fingerprint density at radius 2 is 1.73 bits per heavy atom. The van der Waals surface area contributed by atoms with Gasteiger partial charge < -0.3 is 4.90 Å². The Morgan fingerprint density at radius 1 is 1.08 bits per heavy atom. The summed E-state index contributed by atoms with van der Waals surface area (Å²) in [7, 11) is 0. The summed E-state index contributed by atoms with van der Waals surface area (Å²) in [6.45, 7) is 13.9. The SMILES string of the molecule is CCN(CC)CCn1c(-c2ccc(C)cc2)nc2sc(C)c(C)c2c1=O. The molecule has 138 valence electrons. The lowest BCUT2D eigenvalue weighted by molar-refractivity contribution is 0.289. The third kappa shape index (κ3) is 3.46. The highest BCUT2D eigenvalue weighted by molar-refractivity contribution is 7.18. The molecule has 0 amide bonds. The Hall–Kier alpha value is -1.98. The minimum absolute atomic E-state index is 0.0829. The topological polar surface area (TPSA) is 38.1 Å². The molecule has 3 aromatic rings. The van der Waals surface area contributed by atoms with Crippen LogP contribution in [-0.4, -0.2) is 34.1 Å². The number of aromatic nitrogens is 2. The zero-order valence-corrected chi connectivity index (χ0v) is 17.1. The average Bonchev–Trinajstić information content (AvgIpc) is 2.92. The van der Waals surface area contributed by atoms with E-state index in [1.807, 2.05) is 11.5 Å². The summed E-state index contributed by atoms with van der Waals surface area (Å²) in [5, 5.41) is 0.780. The van der Waals surface area contributed by atoms with Crippen LogP contribution >= 0.6 is 11.3 Å². The second-order valence-corrected chi connectivity index (χ2v) is 7.95. The van der Waals surface area contributed by atoms with Gasteiger partial charge in [0.25, 0.3) is 5.56 Å². The van der Waals surface area contributed by atoms with Gasteiger partial charge in [-0.2, -0.15) is 0 Å². The van der Waals surface area contributed by atoms with Crippen LogP contribution in [0.4, 0.5) is 0 Å². The molecule has 0 aliphatic heterocycles. The Kier molecular flexibility index (Phi) is 5.58. The van der Waals surface area contributed by atoms with Gasteiger partial charge in [-0.3, -0.25) is 9.36 Å². The van der Waals surface area contributed by atoms with Crippen LogP contribution in [0, 0.1) is 20.8 Å². The second kappa shape index (κ2) is 7.72. The number of aryl methyl sites for hydroxylation is 3. The fraction of sp³-hybridized carbons (Fsp3) is 0.429. The van der Waals surface area contributed by atoms with E-state index in [4.69, 9.17) is 4.98 Å². The third-order valence-corrected chi connectivity index (χ3v) is 6.23. The fourth-order valence-corrected chi connectivity index (χ4v) is 4.26. The van der Waals surface area contributed by atoms with E-state index in [2.05, 4.69) is 56.9 Å². The van der Waals surface area contributed by atoms with Crippen molar-refractivity contribution in [1.29, 1.82) is 0 Å².